The first-order valence-corrected chi connectivity index (χ1v) is 10.5. The molecule has 5 rings (SSSR count). The highest BCUT2D eigenvalue weighted by Crippen LogP contribution is 2.62. The number of likely N-dealkylation sites (N-methyl/N-ethyl adjacent to an activating group) is 1. The first kappa shape index (κ1) is 18.1. The lowest BCUT2D eigenvalue weighted by atomic mass is 9.53. The number of piperidine rings is 1. The Kier molecular flexibility index (Phi) is 4.07. The van der Waals surface area contributed by atoms with Crippen LogP contribution in [0.5, 0.6) is 11.5 Å². The molecule has 0 aromatic heterocycles. The summed E-state index contributed by atoms with van der Waals surface area (Å²) in [5, 5.41) is 0.602. The second-order valence-electron chi connectivity index (χ2n) is 8.32. The van der Waals surface area contributed by atoms with Crippen LogP contribution in [0.3, 0.4) is 0 Å². The van der Waals surface area contributed by atoms with Crippen LogP contribution < -0.4 is 9.47 Å². The van der Waals surface area contributed by atoms with Crippen molar-refractivity contribution in [3.63, 3.8) is 0 Å². The fourth-order valence-electron chi connectivity index (χ4n) is 5.78. The van der Waals surface area contributed by atoms with Gasteiger partial charge in [0.25, 0.3) is 0 Å². The lowest BCUT2D eigenvalue weighted by Gasteiger charge is -2.56. The summed E-state index contributed by atoms with van der Waals surface area (Å²) in [5.74, 6) is 1.26. The molecule has 1 aromatic carbocycles. The lowest BCUT2D eigenvalue weighted by Crippen LogP contribution is -2.65. The molecule has 0 N–H and O–H groups in total. The molecule has 2 heterocycles. The molecular formula is C22H25NO4S. The maximum absolute atomic E-state index is 11.7. The third-order valence-electron chi connectivity index (χ3n) is 6.92. The second kappa shape index (κ2) is 6.29. The van der Waals surface area contributed by atoms with Gasteiger partial charge in [0.05, 0.1) is 0 Å². The Morgan fingerprint density at radius 2 is 2.21 bits per heavy atom. The van der Waals surface area contributed by atoms with Crippen molar-refractivity contribution in [2.75, 3.05) is 13.6 Å². The Labute approximate surface area is 170 Å². The quantitative estimate of drug-likeness (QED) is 0.337. The van der Waals surface area contributed by atoms with E-state index in [2.05, 4.69) is 30.2 Å². The summed E-state index contributed by atoms with van der Waals surface area (Å²) in [4.78, 5) is 14.1. The Hall–Kier alpha value is -1.92. The van der Waals surface area contributed by atoms with Crippen LogP contribution in [-0.2, 0) is 21.4 Å². The molecule has 2 aliphatic heterocycles. The van der Waals surface area contributed by atoms with Gasteiger partial charge in [0.1, 0.15) is 6.10 Å². The van der Waals surface area contributed by atoms with Gasteiger partial charge in [-0.2, -0.15) is 0 Å². The summed E-state index contributed by atoms with van der Waals surface area (Å²) in [5.41, 5.74) is 2.37. The van der Waals surface area contributed by atoms with Crippen molar-refractivity contribution >= 4 is 23.2 Å². The van der Waals surface area contributed by atoms with Gasteiger partial charge < -0.3 is 19.1 Å². The number of rotatable bonds is 3. The summed E-state index contributed by atoms with van der Waals surface area (Å²) < 4.78 is 18.2. The zero-order valence-electron chi connectivity index (χ0n) is 16.4. The van der Waals surface area contributed by atoms with Gasteiger partial charge in [-0.05, 0) is 56.4 Å². The zero-order valence-corrected chi connectivity index (χ0v) is 17.3. The fourth-order valence-corrected chi connectivity index (χ4v) is 5.89. The largest absolute Gasteiger partial charge is 0.481 e. The van der Waals surface area contributed by atoms with Crippen LogP contribution in [0.2, 0.25) is 0 Å². The van der Waals surface area contributed by atoms with Crippen LogP contribution in [0.25, 0.3) is 0 Å². The number of carbonyl (C=O) groups excluding carboxylic acids is 1. The minimum Gasteiger partial charge on any atom is -0.481 e. The minimum atomic E-state index is -0.334. The number of benzene rings is 1. The van der Waals surface area contributed by atoms with Crippen molar-refractivity contribution in [2.45, 2.75) is 56.8 Å². The Balaban J connectivity index is 1.68. The topological polar surface area (TPSA) is 48.0 Å². The molecule has 1 saturated heterocycles. The molecule has 2 bridgehead atoms. The van der Waals surface area contributed by atoms with Gasteiger partial charge in [-0.15, -0.1) is 0 Å². The SMILES string of the molecule is CCC(=S)O[C@H]1C=C[C@H]2[C@H]3Cc4ccc(OC(C)=O)c5c4[C@@]2(CCN3C)[C@H]1O5. The molecule has 1 aromatic rings. The maximum Gasteiger partial charge on any atom is 0.308 e. The Morgan fingerprint density at radius 1 is 1.39 bits per heavy atom. The van der Waals surface area contributed by atoms with Gasteiger partial charge in [0, 0.05) is 36.3 Å². The molecule has 0 saturated carbocycles. The van der Waals surface area contributed by atoms with Gasteiger partial charge in [-0.3, -0.25) is 4.79 Å². The lowest BCUT2D eigenvalue weighted by molar-refractivity contribution is -0.132. The van der Waals surface area contributed by atoms with Crippen molar-refractivity contribution in [1.29, 1.82) is 0 Å². The third kappa shape index (κ3) is 2.34. The molecule has 5 nitrogen and oxygen atoms in total. The van der Waals surface area contributed by atoms with Crippen molar-refractivity contribution in [1.82, 2.24) is 4.90 Å². The number of hydrogen-bond donors (Lipinski definition) is 0. The summed E-state index contributed by atoms with van der Waals surface area (Å²) in [7, 11) is 2.21. The summed E-state index contributed by atoms with van der Waals surface area (Å²) in [6.45, 7) is 4.44. The monoisotopic (exact) mass is 399 g/mol. The predicted molar refractivity (Wildman–Crippen MR) is 109 cm³/mol. The second-order valence-corrected chi connectivity index (χ2v) is 8.78. The molecule has 0 unspecified atom stereocenters. The summed E-state index contributed by atoms with van der Waals surface area (Å²) in [6.07, 6.45) is 6.73. The van der Waals surface area contributed by atoms with Crippen molar-refractivity contribution < 1.29 is 19.0 Å². The van der Waals surface area contributed by atoms with Crippen LogP contribution in [0.1, 0.15) is 37.8 Å². The van der Waals surface area contributed by atoms with E-state index in [0.29, 0.717) is 29.2 Å². The van der Waals surface area contributed by atoms with E-state index in [4.69, 9.17) is 26.4 Å². The maximum atomic E-state index is 11.7. The normalized spacial score (nSPS) is 34.4. The highest BCUT2D eigenvalue weighted by atomic mass is 32.1. The zero-order chi connectivity index (χ0) is 19.6. The first-order chi connectivity index (χ1) is 13.5. The molecule has 0 radical (unpaired) electrons. The predicted octanol–water partition coefficient (Wildman–Crippen LogP) is 3.18. The first-order valence-electron chi connectivity index (χ1n) is 10.0. The molecular weight excluding hydrogens is 374 g/mol. The fraction of sp³-hybridized carbons (Fsp3) is 0.545. The number of ether oxygens (including phenoxy) is 3. The molecule has 0 amide bonds. The van der Waals surface area contributed by atoms with E-state index in [0.717, 1.165) is 25.1 Å². The highest BCUT2D eigenvalue weighted by molar-refractivity contribution is 7.80. The van der Waals surface area contributed by atoms with Gasteiger partial charge in [0.2, 0.25) is 0 Å². The number of hydrogen-bond acceptors (Lipinski definition) is 6. The van der Waals surface area contributed by atoms with Crippen molar-refractivity contribution in [2.24, 2.45) is 5.92 Å². The molecule has 4 aliphatic rings. The number of thiocarbonyl (C=S) groups is 1. The Bertz CT molecular complexity index is 897. The Morgan fingerprint density at radius 3 is 2.96 bits per heavy atom. The van der Waals surface area contributed by atoms with E-state index < -0.39 is 0 Å². The van der Waals surface area contributed by atoms with Gasteiger partial charge in [-0.25, -0.2) is 0 Å². The van der Waals surface area contributed by atoms with Gasteiger partial charge >= 0.3 is 5.97 Å². The molecule has 1 spiro atoms. The minimum absolute atomic E-state index is 0.154. The standard InChI is InChI=1S/C22H25NO4S/c1-4-18(28)26-17-8-6-14-15-11-13-5-7-16(25-12(2)24)20-19(13)22(14,21(17)27-20)9-10-23(15)3/h5-8,14-15,17,21H,4,9-11H2,1-3H3/t14-,15+,17-,21-,22-/m0/s1. The van der Waals surface area contributed by atoms with Crippen LogP contribution >= 0.6 is 12.2 Å². The van der Waals surface area contributed by atoms with E-state index in [1.54, 1.807) is 0 Å². The van der Waals surface area contributed by atoms with Crippen LogP contribution in [0.15, 0.2) is 24.3 Å². The van der Waals surface area contributed by atoms with E-state index in [9.17, 15) is 4.79 Å². The molecule has 148 valence electrons. The van der Waals surface area contributed by atoms with Crippen LogP contribution in [0, 0.1) is 5.92 Å². The van der Waals surface area contributed by atoms with E-state index in [-0.39, 0.29) is 23.6 Å². The number of esters is 1. The molecule has 6 heteroatoms. The van der Waals surface area contributed by atoms with Gasteiger partial charge in [-0.1, -0.05) is 19.1 Å². The molecule has 1 fully saturated rings. The average Bonchev–Trinajstić information content (AvgIpc) is 3.02. The molecule has 2 aliphatic carbocycles. The average molecular weight is 400 g/mol. The van der Waals surface area contributed by atoms with Gasteiger partial charge in [0.15, 0.2) is 22.7 Å². The molecule has 28 heavy (non-hydrogen) atoms. The smallest absolute Gasteiger partial charge is 0.308 e. The van der Waals surface area contributed by atoms with E-state index in [1.165, 1.54) is 18.1 Å². The summed E-state index contributed by atoms with van der Waals surface area (Å²) in [6, 6.07) is 4.42. The highest BCUT2D eigenvalue weighted by Gasteiger charge is 2.65. The van der Waals surface area contributed by atoms with Crippen molar-refractivity contribution in [3.05, 3.63) is 35.4 Å². The number of likely N-dealkylation sites (tertiary alicyclic amines) is 1. The molecule has 5 atom stereocenters. The van der Waals surface area contributed by atoms with Crippen molar-refractivity contribution in [3.8, 4) is 11.5 Å². The van der Waals surface area contributed by atoms with Crippen LogP contribution in [0.4, 0.5) is 0 Å². The number of carbonyl (C=O) groups is 1. The number of nitrogens with zero attached hydrogens (tertiary/aromatic N) is 1. The van der Waals surface area contributed by atoms with Crippen LogP contribution in [-0.4, -0.2) is 47.8 Å². The summed E-state index contributed by atoms with van der Waals surface area (Å²) >= 11 is 5.37. The van der Waals surface area contributed by atoms with E-state index in [1.807, 2.05) is 13.0 Å². The third-order valence-corrected chi connectivity index (χ3v) is 7.31. The van der Waals surface area contributed by atoms with E-state index >= 15 is 0 Å².